The number of nitrogens with zero attached hydrogens (tertiary/aromatic N) is 1. The molecule has 1 unspecified atom stereocenters. The van der Waals surface area contributed by atoms with Gasteiger partial charge < -0.3 is 5.32 Å². The molecule has 2 aromatic carbocycles. The number of sulfonamides is 1. The van der Waals surface area contributed by atoms with Crippen LogP contribution in [-0.2, 0) is 16.4 Å². The lowest BCUT2D eigenvalue weighted by Crippen LogP contribution is -2.41. The Balaban J connectivity index is 1.91. The number of fused-ring (bicyclic) bond motifs is 1. The standard InChI is InChI=1S/C20H26N2O2S/c1-16(2)21-14-8-12-19-15-17-9-6-7-13-20(17)22(25(19,23)24)18-10-4-3-5-11-18/h3-7,9-11,13,16,19,21H,8,12,14-15H2,1-2H3. The van der Waals surface area contributed by atoms with E-state index in [1.165, 1.54) is 4.31 Å². The zero-order valence-electron chi connectivity index (χ0n) is 14.9. The molecule has 1 aliphatic heterocycles. The van der Waals surface area contributed by atoms with E-state index >= 15 is 0 Å². The number of benzene rings is 2. The maximum Gasteiger partial charge on any atom is 0.242 e. The Morgan fingerprint density at radius 2 is 1.76 bits per heavy atom. The van der Waals surface area contributed by atoms with Crippen LogP contribution in [0.15, 0.2) is 54.6 Å². The Morgan fingerprint density at radius 1 is 1.08 bits per heavy atom. The fraction of sp³-hybridized carbons (Fsp3) is 0.400. The van der Waals surface area contributed by atoms with Gasteiger partial charge in [0.05, 0.1) is 16.6 Å². The molecule has 0 saturated heterocycles. The van der Waals surface area contributed by atoms with Gasteiger partial charge in [0.25, 0.3) is 0 Å². The summed E-state index contributed by atoms with van der Waals surface area (Å²) in [7, 11) is -3.43. The van der Waals surface area contributed by atoms with Crippen LogP contribution in [0.2, 0.25) is 0 Å². The van der Waals surface area contributed by atoms with Crippen molar-refractivity contribution in [3.63, 3.8) is 0 Å². The fourth-order valence-corrected chi connectivity index (χ4v) is 5.36. The average molecular weight is 359 g/mol. The second-order valence-corrected chi connectivity index (χ2v) is 8.91. The fourth-order valence-electron chi connectivity index (χ4n) is 3.34. The smallest absolute Gasteiger partial charge is 0.242 e. The van der Waals surface area contributed by atoms with Crippen molar-refractivity contribution in [3.05, 3.63) is 60.2 Å². The van der Waals surface area contributed by atoms with Crippen LogP contribution in [0.5, 0.6) is 0 Å². The minimum absolute atomic E-state index is 0.378. The van der Waals surface area contributed by atoms with E-state index in [1.807, 2.05) is 54.6 Å². The highest BCUT2D eigenvalue weighted by atomic mass is 32.2. The van der Waals surface area contributed by atoms with Crippen LogP contribution in [0.3, 0.4) is 0 Å². The lowest BCUT2D eigenvalue weighted by molar-refractivity contribution is 0.529. The molecule has 0 fully saturated rings. The number of rotatable bonds is 6. The molecule has 0 bridgehead atoms. The van der Waals surface area contributed by atoms with E-state index in [0.717, 1.165) is 24.2 Å². The predicted molar refractivity (Wildman–Crippen MR) is 104 cm³/mol. The summed E-state index contributed by atoms with van der Waals surface area (Å²) in [6.07, 6.45) is 2.11. The van der Waals surface area contributed by atoms with E-state index in [-0.39, 0.29) is 5.25 Å². The first-order valence-electron chi connectivity index (χ1n) is 8.90. The molecule has 0 spiro atoms. The van der Waals surface area contributed by atoms with Crippen LogP contribution >= 0.6 is 0 Å². The monoisotopic (exact) mass is 358 g/mol. The minimum atomic E-state index is -3.43. The maximum absolute atomic E-state index is 13.3. The molecule has 0 radical (unpaired) electrons. The Morgan fingerprint density at radius 3 is 2.48 bits per heavy atom. The molecule has 3 rings (SSSR count). The molecule has 5 heteroatoms. The summed E-state index contributed by atoms with van der Waals surface area (Å²) < 4.78 is 28.2. The number of hydrogen-bond acceptors (Lipinski definition) is 3. The Labute approximate surface area is 150 Å². The van der Waals surface area contributed by atoms with Crippen molar-refractivity contribution in [2.24, 2.45) is 0 Å². The van der Waals surface area contributed by atoms with E-state index in [2.05, 4.69) is 19.2 Å². The summed E-state index contributed by atoms with van der Waals surface area (Å²) in [5, 5.41) is 2.99. The quantitative estimate of drug-likeness (QED) is 0.798. The van der Waals surface area contributed by atoms with Crippen LogP contribution in [0.25, 0.3) is 0 Å². The molecule has 0 saturated carbocycles. The highest BCUT2D eigenvalue weighted by Crippen LogP contribution is 2.39. The highest BCUT2D eigenvalue weighted by Gasteiger charge is 2.38. The van der Waals surface area contributed by atoms with Gasteiger partial charge in [-0.1, -0.05) is 50.2 Å². The number of para-hydroxylation sites is 2. The van der Waals surface area contributed by atoms with Crippen molar-refractivity contribution in [1.82, 2.24) is 5.32 Å². The van der Waals surface area contributed by atoms with Crippen molar-refractivity contribution < 1.29 is 8.42 Å². The second-order valence-electron chi connectivity index (χ2n) is 6.85. The Bertz CT molecular complexity index is 803. The molecule has 134 valence electrons. The molecule has 0 aromatic heterocycles. The molecule has 0 amide bonds. The first kappa shape index (κ1) is 18.0. The molecule has 0 aliphatic carbocycles. The maximum atomic E-state index is 13.3. The van der Waals surface area contributed by atoms with Crippen molar-refractivity contribution in [2.75, 3.05) is 10.8 Å². The number of hydrogen-bond donors (Lipinski definition) is 1. The minimum Gasteiger partial charge on any atom is -0.315 e. The van der Waals surface area contributed by atoms with E-state index in [1.54, 1.807) is 0 Å². The molecule has 1 N–H and O–H groups in total. The van der Waals surface area contributed by atoms with Gasteiger partial charge in [0.15, 0.2) is 0 Å². The van der Waals surface area contributed by atoms with Crippen LogP contribution < -0.4 is 9.62 Å². The molecular formula is C20H26N2O2S. The van der Waals surface area contributed by atoms with E-state index in [9.17, 15) is 8.42 Å². The summed E-state index contributed by atoms with van der Waals surface area (Å²) in [5.74, 6) is 0. The summed E-state index contributed by atoms with van der Waals surface area (Å²) in [6, 6.07) is 17.6. The van der Waals surface area contributed by atoms with Gasteiger partial charge in [-0.05, 0) is 49.6 Å². The zero-order chi connectivity index (χ0) is 17.9. The molecule has 1 heterocycles. The van der Waals surface area contributed by atoms with Crippen LogP contribution in [-0.4, -0.2) is 26.3 Å². The summed E-state index contributed by atoms with van der Waals surface area (Å²) >= 11 is 0. The lowest BCUT2D eigenvalue weighted by atomic mass is 10.0. The molecule has 4 nitrogen and oxygen atoms in total. The topological polar surface area (TPSA) is 49.4 Å². The molecule has 1 aliphatic rings. The van der Waals surface area contributed by atoms with Gasteiger partial charge in [-0.3, -0.25) is 0 Å². The Hall–Kier alpha value is -1.85. The van der Waals surface area contributed by atoms with Crippen LogP contribution in [0.4, 0.5) is 11.4 Å². The second kappa shape index (κ2) is 7.58. The van der Waals surface area contributed by atoms with Gasteiger partial charge in [0.2, 0.25) is 10.0 Å². The van der Waals surface area contributed by atoms with Gasteiger partial charge in [-0.15, -0.1) is 0 Å². The van der Waals surface area contributed by atoms with E-state index in [4.69, 9.17) is 0 Å². The van der Waals surface area contributed by atoms with Gasteiger partial charge in [-0.2, -0.15) is 0 Å². The Kier molecular flexibility index (Phi) is 5.45. The number of anilines is 2. The third kappa shape index (κ3) is 3.88. The zero-order valence-corrected chi connectivity index (χ0v) is 15.7. The van der Waals surface area contributed by atoms with Crippen molar-refractivity contribution in [2.45, 2.75) is 44.4 Å². The molecule has 2 aromatic rings. The van der Waals surface area contributed by atoms with Crippen LogP contribution in [0, 0.1) is 0 Å². The summed E-state index contributed by atoms with van der Waals surface area (Å²) in [6.45, 7) is 5.05. The van der Waals surface area contributed by atoms with E-state index in [0.29, 0.717) is 24.6 Å². The van der Waals surface area contributed by atoms with Gasteiger partial charge in [0.1, 0.15) is 0 Å². The number of nitrogens with one attached hydrogen (secondary N) is 1. The molecular weight excluding hydrogens is 332 g/mol. The van der Waals surface area contributed by atoms with Gasteiger partial charge in [0, 0.05) is 6.04 Å². The van der Waals surface area contributed by atoms with Crippen molar-refractivity contribution in [1.29, 1.82) is 0 Å². The third-order valence-corrected chi connectivity index (χ3v) is 6.74. The summed E-state index contributed by atoms with van der Waals surface area (Å²) in [4.78, 5) is 0. The largest absolute Gasteiger partial charge is 0.315 e. The van der Waals surface area contributed by atoms with Crippen molar-refractivity contribution >= 4 is 21.4 Å². The summed E-state index contributed by atoms with van der Waals surface area (Å²) in [5.41, 5.74) is 2.59. The molecule has 25 heavy (non-hydrogen) atoms. The van der Waals surface area contributed by atoms with Crippen LogP contribution in [0.1, 0.15) is 32.3 Å². The SMILES string of the molecule is CC(C)NCCCC1Cc2ccccc2N(c2ccccc2)S1(=O)=O. The predicted octanol–water partition coefficient (Wildman–Crippen LogP) is 3.86. The first-order chi connectivity index (χ1) is 12.0. The normalized spacial score (nSPS) is 19.0. The van der Waals surface area contributed by atoms with Gasteiger partial charge >= 0.3 is 0 Å². The molecule has 1 atom stereocenters. The van der Waals surface area contributed by atoms with Crippen molar-refractivity contribution in [3.8, 4) is 0 Å². The highest BCUT2D eigenvalue weighted by molar-refractivity contribution is 7.93. The lowest BCUT2D eigenvalue weighted by Gasteiger charge is -2.35. The van der Waals surface area contributed by atoms with E-state index < -0.39 is 10.0 Å². The first-order valence-corrected chi connectivity index (χ1v) is 10.4. The average Bonchev–Trinajstić information content (AvgIpc) is 2.59. The third-order valence-electron chi connectivity index (χ3n) is 4.58. The van der Waals surface area contributed by atoms with Gasteiger partial charge in [-0.25, -0.2) is 12.7 Å².